The van der Waals surface area contributed by atoms with Crippen molar-refractivity contribution in [3.8, 4) is 0 Å². The zero-order valence-corrected chi connectivity index (χ0v) is 6.86. The Morgan fingerprint density at radius 3 is 2.90 bits per heavy atom. The van der Waals surface area contributed by atoms with Gasteiger partial charge in [0.2, 0.25) is 5.43 Å². The molecule has 1 heterocycles. The second-order valence-corrected chi connectivity index (χ2v) is 2.57. The number of hydrogen-bond acceptors (Lipinski definition) is 3. The Morgan fingerprint density at radius 1 is 1.80 bits per heavy atom. The van der Waals surface area contributed by atoms with Crippen LogP contribution in [0.1, 0.15) is 0 Å². The molecule has 0 N–H and O–H groups in total. The molecule has 0 aliphatic rings. The van der Waals surface area contributed by atoms with Gasteiger partial charge in [0.15, 0.2) is 0 Å². The van der Waals surface area contributed by atoms with Gasteiger partial charge in [-0.2, -0.15) is 5.10 Å². The molecule has 0 aromatic carbocycles. The second kappa shape index (κ2) is 2.64. The lowest BCUT2D eigenvalue weighted by Gasteiger charge is -2.00. The molecule has 0 saturated heterocycles. The molecule has 0 aliphatic heterocycles. The molecule has 0 atom stereocenters. The van der Waals surface area contributed by atoms with Crippen molar-refractivity contribution in [2.75, 3.05) is 0 Å². The van der Waals surface area contributed by atoms with Crippen LogP contribution in [-0.4, -0.2) is 9.78 Å². The van der Waals surface area contributed by atoms with E-state index < -0.39 is 0 Å². The molecule has 0 fully saturated rings. The summed E-state index contributed by atoms with van der Waals surface area (Å²) in [5.41, 5.74) is -0.301. The molecule has 54 valence electrons. The van der Waals surface area contributed by atoms with E-state index in [4.69, 9.17) is 11.6 Å². The van der Waals surface area contributed by atoms with E-state index >= 15 is 0 Å². The molecule has 1 aromatic rings. The SMILES string of the molecule is Cn1ncc(=O)c(Cl)c1S. The van der Waals surface area contributed by atoms with Crippen LogP contribution in [0.2, 0.25) is 5.02 Å². The highest BCUT2D eigenvalue weighted by molar-refractivity contribution is 7.80. The van der Waals surface area contributed by atoms with Crippen molar-refractivity contribution in [2.45, 2.75) is 5.03 Å². The van der Waals surface area contributed by atoms with Crippen LogP contribution in [-0.2, 0) is 7.05 Å². The zero-order valence-electron chi connectivity index (χ0n) is 5.21. The van der Waals surface area contributed by atoms with Crippen molar-refractivity contribution >= 4 is 24.2 Å². The van der Waals surface area contributed by atoms with E-state index in [9.17, 15) is 4.79 Å². The quantitative estimate of drug-likeness (QED) is 0.592. The van der Waals surface area contributed by atoms with Gasteiger partial charge in [0.1, 0.15) is 10.0 Å². The van der Waals surface area contributed by atoms with Crippen LogP contribution in [0.5, 0.6) is 0 Å². The highest BCUT2D eigenvalue weighted by atomic mass is 35.5. The maximum atomic E-state index is 10.7. The number of aromatic nitrogens is 2. The van der Waals surface area contributed by atoms with Gasteiger partial charge >= 0.3 is 0 Å². The van der Waals surface area contributed by atoms with Crippen LogP contribution >= 0.6 is 24.2 Å². The summed E-state index contributed by atoms with van der Waals surface area (Å²) < 4.78 is 1.42. The standard InChI is InChI=1S/C5H5ClN2OS/c1-8-5(10)4(6)3(9)2-7-8/h2,10H,1H3. The summed E-state index contributed by atoms with van der Waals surface area (Å²) in [5.74, 6) is 0. The Balaban J connectivity index is 3.49. The largest absolute Gasteiger partial charge is 0.286 e. The van der Waals surface area contributed by atoms with Gasteiger partial charge in [-0.1, -0.05) is 11.6 Å². The highest BCUT2D eigenvalue weighted by Crippen LogP contribution is 2.11. The molecule has 0 spiro atoms. The molecule has 3 nitrogen and oxygen atoms in total. The van der Waals surface area contributed by atoms with Gasteiger partial charge in [-0.15, -0.1) is 12.6 Å². The maximum Gasteiger partial charge on any atom is 0.219 e. The first-order chi connectivity index (χ1) is 4.63. The lowest BCUT2D eigenvalue weighted by atomic mass is 10.5. The van der Waals surface area contributed by atoms with E-state index in [-0.39, 0.29) is 10.5 Å². The van der Waals surface area contributed by atoms with E-state index in [0.29, 0.717) is 5.03 Å². The smallest absolute Gasteiger partial charge is 0.219 e. The molecular weight excluding hydrogens is 172 g/mol. The summed E-state index contributed by atoms with van der Waals surface area (Å²) in [6.07, 6.45) is 1.15. The molecule has 1 rings (SSSR count). The Kier molecular flexibility index (Phi) is 2.01. The van der Waals surface area contributed by atoms with Crippen molar-refractivity contribution in [1.82, 2.24) is 9.78 Å². The average Bonchev–Trinajstić information content (AvgIpc) is 1.93. The lowest BCUT2D eigenvalue weighted by molar-refractivity contribution is 0.661. The summed E-state index contributed by atoms with van der Waals surface area (Å²) >= 11 is 9.48. The maximum absolute atomic E-state index is 10.7. The number of nitrogens with zero attached hydrogens (tertiary/aromatic N) is 2. The van der Waals surface area contributed by atoms with Crippen molar-refractivity contribution in [3.63, 3.8) is 0 Å². The summed E-state index contributed by atoms with van der Waals surface area (Å²) in [6, 6.07) is 0. The van der Waals surface area contributed by atoms with Crippen LogP contribution in [0.3, 0.4) is 0 Å². The van der Waals surface area contributed by atoms with Gasteiger partial charge in [-0.05, 0) is 0 Å². The molecule has 1 aromatic heterocycles. The number of rotatable bonds is 0. The minimum absolute atomic E-state index is 0.112. The zero-order chi connectivity index (χ0) is 7.72. The molecular formula is C5H5ClN2OS. The molecule has 0 unspecified atom stereocenters. The molecule has 5 heteroatoms. The summed E-state index contributed by atoms with van der Waals surface area (Å²) in [4.78, 5) is 10.7. The van der Waals surface area contributed by atoms with Crippen molar-refractivity contribution in [2.24, 2.45) is 7.05 Å². The fourth-order valence-electron chi connectivity index (χ4n) is 0.503. The molecule has 10 heavy (non-hydrogen) atoms. The number of thiol groups is 1. The number of halogens is 1. The van der Waals surface area contributed by atoms with Gasteiger partial charge in [0, 0.05) is 7.05 Å². The molecule has 0 amide bonds. The van der Waals surface area contributed by atoms with Gasteiger partial charge in [-0.3, -0.25) is 9.48 Å². The van der Waals surface area contributed by atoms with E-state index in [2.05, 4.69) is 17.7 Å². The fraction of sp³-hybridized carbons (Fsp3) is 0.200. The minimum Gasteiger partial charge on any atom is -0.286 e. The third kappa shape index (κ3) is 1.17. The Bertz CT molecular complexity index is 309. The Morgan fingerprint density at radius 2 is 2.40 bits per heavy atom. The normalized spacial score (nSPS) is 9.90. The monoisotopic (exact) mass is 176 g/mol. The molecule has 0 bridgehead atoms. The number of hydrogen-bond donors (Lipinski definition) is 1. The van der Waals surface area contributed by atoms with E-state index in [1.165, 1.54) is 4.68 Å². The molecule has 0 saturated carbocycles. The minimum atomic E-state index is -0.301. The van der Waals surface area contributed by atoms with Crippen LogP contribution in [0.15, 0.2) is 16.0 Å². The van der Waals surface area contributed by atoms with E-state index in [1.54, 1.807) is 7.05 Å². The van der Waals surface area contributed by atoms with E-state index in [0.717, 1.165) is 6.20 Å². The predicted octanol–water partition coefficient (Wildman–Crippen LogP) is 0.722. The molecule has 0 radical (unpaired) electrons. The van der Waals surface area contributed by atoms with Gasteiger partial charge in [0.25, 0.3) is 0 Å². The summed E-state index contributed by atoms with van der Waals surface area (Å²) in [7, 11) is 1.66. The first-order valence-electron chi connectivity index (χ1n) is 2.53. The van der Waals surface area contributed by atoms with Gasteiger partial charge < -0.3 is 0 Å². The highest BCUT2D eigenvalue weighted by Gasteiger charge is 2.01. The van der Waals surface area contributed by atoms with Gasteiger partial charge in [0.05, 0.1) is 6.20 Å². The fourth-order valence-corrected chi connectivity index (χ4v) is 0.836. The summed E-state index contributed by atoms with van der Waals surface area (Å²) in [5, 5.41) is 4.18. The van der Waals surface area contributed by atoms with Gasteiger partial charge in [-0.25, -0.2) is 0 Å². The van der Waals surface area contributed by atoms with Crippen molar-refractivity contribution in [3.05, 3.63) is 21.4 Å². The third-order valence-corrected chi connectivity index (χ3v) is 2.08. The second-order valence-electron chi connectivity index (χ2n) is 1.77. The first-order valence-corrected chi connectivity index (χ1v) is 3.36. The first kappa shape index (κ1) is 7.63. The van der Waals surface area contributed by atoms with Crippen LogP contribution in [0, 0.1) is 0 Å². The average molecular weight is 177 g/mol. The Labute approximate surface area is 68.0 Å². The van der Waals surface area contributed by atoms with Crippen LogP contribution < -0.4 is 5.43 Å². The van der Waals surface area contributed by atoms with Crippen LogP contribution in [0.4, 0.5) is 0 Å². The topological polar surface area (TPSA) is 34.9 Å². The van der Waals surface area contributed by atoms with E-state index in [1.807, 2.05) is 0 Å². The third-order valence-electron chi connectivity index (χ3n) is 1.07. The summed E-state index contributed by atoms with van der Waals surface area (Å²) in [6.45, 7) is 0. The number of aryl methyl sites for hydroxylation is 1. The molecule has 0 aliphatic carbocycles. The Hall–Kier alpha value is -0.480. The lowest BCUT2D eigenvalue weighted by Crippen LogP contribution is -2.09. The van der Waals surface area contributed by atoms with Crippen LogP contribution in [0.25, 0.3) is 0 Å². The van der Waals surface area contributed by atoms with Crippen molar-refractivity contribution in [1.29, 1.82) is 0 Å². The van der Waals surface area contributed by atoms with Crippen molar-refractivity contribution < 1.29 is 0 Å². The predicted molar refractivity (Wildman–Crippen MR) is 41.7 cm³/mol.